The molecule has 0 aliphatic heterocycles. The van der Waals surface area contributed by atoms with E-state index in [1.54, 1.807) is 0 Å². The van der Waals surface area contributed by atoms with Gasteiger partial charge in [0.25, 0.3) is 0 Å². The van der Waals surface area contributed by atoms with Crippen molar-refractivity contribution in [3.05, 3.63) is 71.8 Å². The Kier molecular flexibility index (Phi) is 6.88. The van der Waals surface area contributed by atoms with Crippen LogP contribution in [0.5, 0.6) is 0 Å². The quantitative estimate of drug-likeness (QED) is 0.733. The standard InChI is InChI=1S/C18H23O2P/c19-11-18(12-20)15-21(13-16-7-3-1-4-8-16)14-17-9-5-2-6-10-17/h1-10,18-20H,11-15H2. The normalized spacial score (nSPS) is 11.2. The number of hydrogen-bond donors (Lipinski definition) is 2. The van der Waals surface area contributed by atoms with E-state index >= 15 is 0 Å². The van der Waals surface area contributed by atoms with Gasteiger partial charge in [-0.05, 0) is 29.6 Å². The molecule has 2 aromatic rings. The van der Waals surface area contributed by atoms with Gasteiger partial charge in [0, 0.05) is 19.1 Å². The molecule has 0 bridgehead atoms. The van der Waals surface area contributed by atoms with Crippen LogP contribution in [0.2, 0.25) is 0 Å². The van der Waals surface area contributed by atoms with E-state index in [4.69, 9.17) is 0 Å². The molecule has 0 amide bonds. The summed E-state index contributed by atoms with van der Waals surface area (Å²) in [6.45, 7) is 0.137. The van der Waals surface area contributed by atoms with Gasteiger partial charge in [0.1, 0.15) is 0 Å². The van der Waals surface area contributed by atoms with Gasteiger partial charge in [-0.1, -0.05) is 68.6 Å². The fourth-order valence-corrected chi connectivity index (χ4v) is 5.19. The van der Waals surface area contributed by atoms with E-state index in [0.29, 0.717) is 0 Å². The van der Waals surface area contributed by atoms with Gasteiger partial charge in [-0.3, -0.25) is 0 Å². The molecule has 0 radical (unpaired) electrons. The van der Waals surface area contributed by atoms with E-state index in [1.807, 2.05) is 12.1 Å². The Hall–Kier alpha value is -1.21. The molecule has 0 saturated heterocycles. The molecule has 0 aliphatic carbocycles. The van der Waals surface area contributed by atoms with Crippen molar-refractivity contribution in [2.75, 3.05) is 19.4 Å². The predicted octanol–water partition coefficient (Wildman–Crippen LogP) is 3.47. The van der Waals surface area contributed by atoms with Gasteiger partial charge in [0.15, 0.2) is 0 Å². The van der Waals surface area contributed by atoms with Crippen LogP contribution in [0.3, 0.4) is 0 Å². The maximum absolute atomic E-state index is 9.36. The first-order chi connectivity index (χ1) is 10.3. The molecule has 0 fully saturated rings. The minimum absolute atomic E-state index is 0.00327. The second kappa shape index (κ2) is 8.94. The fraction of sp³-hybridized carbons (Fsp3) is 0.333. The second-order valence-electron chi connectivity index (χ2n) is 5.37. The summed E-state index contributed by atoms with van der Waals surface area (Å²) in [4.78, 5) is 0. The zero-order valence-corrected chi connectivity index (χ0v) is 13.1. The molecule has 2 nitrogen and oxygen atoms in total. The van der Waals surface area contributed by atoms with Crippen LogP contribution in [0.1, 0.15) is 11.1 Å². The Balaban J connectivity index is 2.06. The third-order valence-corrected chi connectivity index (χ3v) is 6.19. The Labute approximate surface area is 128 Å². The number of rotatable bonds is 8. The zero-order chi connectivity index (χ0) is 14.9. The smallest absolute Gasteiger partial charge is 0.0484 e. The van der Waals surface area contributed by atoms with Crippen molar-refractivity contribution < 1.29 is 10.2 Å². The highest BCUT2D eigenvalue weighted by Crippen LogP contribution is 2.44. The van der Waals surface area contributed by atoms with Crippen LogP contribution in [-0.4, -0.2) is 29.6 Å². The van der Waals surface area contributed by atoms with Crippen molar-refractivity contribution in [2.45, 2.75) is 12.3 Å². The summed E-state index contributed by atoms with van der Waals surface area (Å²) >= 11 is 0. The van der Waals surface area contributed by atoms with Gasteiger partial charge in [-0.15, -0.1) is 0 Å². The van der Waals surface area contributed by atoms with Crippen molar-refractivity contribution in [1.82, 2.24) is 0 Å². The van der Waals surface area contributed by atoms with Gasteiger partial charge < -0.3 is 10.2 Å². The first kappa shape index (κ1) is 16.2. The van der Waals surface area contributed by atoms with E-state index in [1.165, 1.54) is 11.1 Å². The highest BCUT2D eigenvalue weighted by molar-refractivity contribution is 7.56. The van der Waals surface area contributed by atoms with Crippen LogP contribution in [0, 0.1) is 5.92 Å². The topological polar surface area (TPSA) is 40.5 Å². The van der Waals surface area contributed by atoms with Gasteiger partial charge in [0.05, 0.1) is 0 Å². The van der Waals surface area contributed by atoms with E-state index in [2.05, 4.69) is 48.5 Å². The van der Waals surface area contributed by atoms with Crippen molar-refractivity contribution in [1.29, 1.82) is 0 Å². The molecule has 0 atom stereocenters. The maximum atomic E-state index is 9.36. The predicted molar refractivity (Wildman–Crippen MR) is 89.7 cm³/mol. The Morgan fingerprint density at radius 3 is 1.52 bits per heavy atom. The first-order valence-corrected chi connectivity index (χ1v) is 9.23. The monoisotopic (exact) mass is 302 g/mol. The number of aliphatic hydroxyl groups excluding tert-OH is 2. The third-order valence-electron chi connectivity index (χ3n) is 3.53. The Morgan fingerprint density at radius 1 is 0.714 bits per heavy atom. The lowest BCUT2D eigenvalue weighted by molar-refractivity contribution is 0.164. The fourth-order valence-electron chi connectivity index (χ4n) is 2.41. The third kappa shape index (κ3) is 5.59. The lowest BCUT2D eigenvalue weighted by Gasteiger charge is -2.22. The summed E-state index contributed by atoms with van der Waals surface area (Å²) in [5.41, 5.74) is 2.68. The second-order valence-corrected chi connectivity index (χ2v) is 7.71. The highest BCUT2D eigenvalue weighted by atomic mass is 31.1. The first-order valence-electron chi connectivity index (χ1n) is 7.33. The van der Waals surface area contributed by atoms with Crippen LogP contribution in [0.15, 0.2) is 60.7 Å². The van der Waals surface area contributed by atoms with E-state index in [9.17, 15) is 10.2 Å². The number of aliphatic hydroxyl groups is 2. The summed E-state index contributed by atoms with van der Waals surface area (Å²) in [6.07, 6.45) is 3.00. The van der Waals surface area contributed by atoms with E-state index in [-0.39, 0.29) is 27.1 Å². The van der Waals surface area contributed by atoms with Crippen LogP contribution >= 0.6 is 7.92 Å². The molecule has 0 aliphatic rings. The van der Waals surface area contributed by atoms with Gasteiger partial charge in [-0.2, -0.15) is 0 Å². The lowest BCUT2D eigenvalue weighted by Crippen LogP contribution is -2.15. The average molecular weight is 302 g/mol. The largest absolute Gasteiger partial charge is 0.396 e. The minimum Gasteiger partial charge on any atom is -0.396 e. The van der Waals surface area contributed by atoms with Crippen molar-refractivity contribution in [3.8, 4) is 0 Å². The van der Waals surface area contributed by atoms with E-state index in [0.717, 1.165) is 18.5 Å². The molecule has 112 valence electrons. The molecule has 2 N–H and O–H groups in total. The van der Waals surface area contributed by atoms with Crippen molar-refractivity contribution in [2.24, 2.45) is 5.92 Å². The molecule has 2 rings (SSSR count). The highest BCUT2D eigenvalue weighted by Gasteiger charge is 2.16. The molecule has 21 heavy (non-hydrogen) atoms. The molecule has 0 aromatic heterocycles. The number of hydrogen-bond acceptors (Lipinski definition) is 2. The minimum atomic E-state index is -0.284. The summed E-state index contributed by atoms with van der Waals surface area (Å²) < 4.78 is 0. The molecular weight excluding hydrogens is 279 g/mol. The summed E-state index contributed by atoms with van der Waals surface area (Å²) in [6, 6.07) is 21.0. The molecule has 0 unspecified atom stereocenters. The van der Waals surface area contributed by atoms with Gasteiger partial charge in [0.2, 0.25) is 0 Å². The summed E-state index contributed by atoms with van der Waals surface area (Å²) in [5.74, 6) is 0.00327. The van der Waals surface area contributed by atoms with Crippen molar-refractivity contribution >= 4 is 7.92 Å². The van der Waals surface area contributed by atoms with Crippen LogP contribution in [-0.2, 0) is 12.3 Å². The lowest BCUT2D eigenvalue weighted by atomic mass is 10.2. The maximum Gasteiger partial charge on any atom is 0.0484 e. The molecule has 0 spiro atoms. The SMILES string of the molecule is OCC(CO)CP(Cc1ccccc1)Cc1ccccc1. The summed E-state index contributed by atoms with van der Waals surface area (Å²) in [5, 5.41) is 18.7. The van der Waals surface area contributed by atoms with Crippen LogP contribution < -0.4 is 0 Å². The molecule has 3 heteroatoms. The molecule has 0 heterocycles. The molecular formula is C18H23O2P. The zero-order valence-electron chi connectivity index (χ0n) is 12.2. The van der Waals surface area contributed by atoms with E-state index < -0.39 is 0 Å². The summed E-state index contributed by atoms with van der Waals surface area (Å²) in [7, 11) is -0.284. The van der Waals surface area contributed by atoms with Gasteiger partial charge >= 0.3 is 0 Å². The molecule has 2 aromatic carbocycles. The van der Waals surface area contributed by atoms with Gasteiger partial charge in [-0.25, -0.2) is 0 Å². The number of benzene rings is 2. The van der Waals surface area contributed by atoms with Crippen molar-refractivity contribution in [3.63, 3.8) is 0 Å². The average Bonchev–Trinajstić information content (AvgIpc) is 2.54. The Morgan fingerprint density at radius 2 is 1.14 bits per heavy atom. The van der Waals surface area contributed by atoms with Crippen LogP contribution in [0.25, 0.3) is 0 Å². The van der Waals surface area contributed by atoms with Crippen LogP contribution in [0.4, 0.5) is 0 Å². The Bertz CT molecular complexity index is 456. The molecule has 0 saturated carbocycles.